The first-order chi connectivity index (χ1) is 10.6. The minimum Gasteiger partial charge on any atom is -0.464 e. The van der Waals surface area contributed by atoms with Crippen LogP contribution in [0, 0.1) is 10.1 Å². The number of alkyl carbamates (subject to hydrolysis) is 1. The Labute approximate surface area is 132 Å². The Kier molecular flexibility index (Phi) is 5.77. The summed E-state index contributed by atoms with van der Waals surface area (Å²) in [4.78, 5) is 37.5. The van der Waals surface area contributed by atoms with Crippen molar-refractivity contribution in [2.45, 2.75) is 26.4 Å². The summed E-state index contributed by atoms with van der Waals surface area (Å²) in [6.07, 6.45) is 2.59. The van der Waals surface area contributed by atoms with Crippen molar-refractivity contribution in [2.24, 2.45) is 0 Å². The minimum absolute atomic E-state index is 0.0847. The minimum atomic E-state index is -0.883. The van der Waals surface area contributed by atoms with Gasteiger partial charge in [-0.15, -0.1) is 0 Å². The Bertz CT molecular complexity index is 648. The molecule has 0 spiro atoms. The lowest BCUT2D eigenvalue weighted by molar-refractivity contribution is -0.385. The van der Waals surface area contributed by atoms with Gasteiger partial charge in [-0.25, -0.2) is 9.59 Å². The van der Waals surface area contributed by atoms with E-state index in [0.29, 0.717) is 0 Å². The maximum Gasteiger partial charge on any atom is 0.412 e. The molecule has 0 unspecified atom stereocenters. The van der Waals surface area contributed by atoms with E-state index in [1.807, 2.05) is 0 Å². The lowest BCUT2D eigenvalue weighted by atomic mass is 10.2. The number of nitrogens with zero attached hydrogens (tertiary/aromatic N) is 2. The molecule has 9 heteroatoms. The molecule has 124 valence electrons. The number of ether oxygens (including phenoxy) is 2. The molecule has 0 radical (unpaired) electrons. The zero-order valence-electron chi connectivity index (χ0n) is 13.2. The highest BCUT2D eigenvalue weighted by molar-refractivity contribution is 5.97. The Balaban J connectivity index is 3.15. The molecule has 0 aliphatic heterocycles. The van der Waals surface area contributed by atoms with Crippen molar-refractivity contribution in [1.82, 2.24) is 10.3 Å². The lowest BCUT2D eigenvalue weighted by Crippen LogP contribution is -2.34. The predicted octanol–water partition coefficient (Wildman–Crippen LogP) is 2.03. The summed E-state index contributed by atoms with van der Waals surface area (Å²) in [5.41, 5.74) is -1.30. The van der Waals surface area contributed by atoms with Crippen molar-refractivity contribution >= 4 is 23.8 Å². The van der Waals surface area contributed by atoms with Crippen LogP contribution in [-0.4, -0.2) is 34.7 Å². The normalized spacial score (nSPS) is 11.6. The second kappa shape index (κ2) is 7.34. The molecule has 9 nitrogen and oxygen atoms in total. The van der Waals surface area contributed by atoms with Crippen LogP contribution >= 0.6 is 0 Å². The molecule has 1 rings (SSSR count). The molecule has 0 saturated heterocycles. The van der Waals surface area contributed by atoms with Crippen LogP contribution in [0.25, 0.3) is 6.08 Å². The maximum atomic E-state index is 11.8. The van der Waals surface area contributed by atoms with Gasteiger partial charge in [-0.2, -0.15) is 0 Å². The number of carbonyl (C=O) groups excluding carboxylic acids is 2. The fourth-order valence-corrected chi connectivity index (χ4v) is 1.50. The monoisotopic (exact) mass is 323 g/mol. The summed E-state index contributed by atoms with van der Waals surface area (Å²) in [7, 11) is 1.12. The van der Waals surface area contributed by atoms with Gasteiger partial charge in [0.15, 0.2) is 0 Å². The van der Waals surface area contributed by atoms with Crippen molar-refractivity contribution in [3.8, 4) is 0 Å². The molecule has 1 amide bonds. The summed E-state index contributed by atoms with van der Waals surface area (Å²) < 4.78 is 9.59. The smallest absolute Gasteiger partial charge is 0.412 e. The fraction of sp³-hybridized carbons (Fsp3) is 0.357. The standard InChI is InChI=1S/C14H17N3O6/c1-14(2,3)23-13(19)16-10(12(18)22-4)7-9-5-6-15-8-11(9)17(20)21/h5-8H,1-4H3,(H,16,19)/b10-7-. The van der Waals surface area contributed by atoms with Gasteiger partial charge in [-0.1, -0.05) is 0 Å². The first kappa shape index (κ1) is 18.1. The maximum absolute atomic E-state index is 11.8. The number of rotatable bonds is 4. The second-order valence-corrected chi connectivity index (χ2v) is 5.37. The molecule has 1 N–H and O–H groups in total. The highest BCUT2D eigenvalue weighted by Crippen LogP contribution is 2.19. The van der Waals surface area contributed by atoms with Gasteiger partial charge in [-0.05, 0) is 32.9 Å². The van der Waals surface area contributed by atoms with Gasteiger partial charge in [0.05, 0.1) is 17.6 Å². The molecule has 1 heterocycles. The van der Waals surface area contributed by atoms with Crippen LogP contribution < -0.4 is 5.32 Å². The van der Waals surface area contributed by atoms with Crippen LogP contribution in [-0.2, 0) is 14.3 Å². The van der Waals surface area contributed by atoms with Gasteiger partial charge in [0.25, 0.3) is 5.69 Å². The molecule has 0 aliphatic carbocycles. The summed E-state index contributed by atoms with van der Waals surface area (Å²) in [5.74, 6) is -0.873. The number of nitrogens with one attached hydrogen (secondary N) is 1. The molecule has 1 aromatic rings. The number of hydrogen-bond donors (Lipinski definition) is 1. The summed E-state index contributed by atoms with van der Waals surface area (Å²) >= 11 is 0. The molecular formula is C14H17N3O6. The third-order valence-electron chi connectivity index (χ3n) is 2.37. The summed E-state index contributed by atoms with van der Waals surface area (Å²) in [5, 5.41) is 13.2. The first-order valence-corrected chi connectivity index (χ1v) is 6.52. The summed E-state index contributed by atoms with van der Waals surface area (Å²) in [6, 6.07) is 1.33. The Morgan fingerprint density at radius 2 is 2.04 bits per heavy atom. The van der Waals surface area contributed by atoms with Crippen LogP contribution in [0.15, 0.2) is 24.2 Å². The number of hydrogen-bond acceptors (Lipinski definition) is 7. The third kappa shape index (κ3) is 5.73. The Hall–Kier alpha value is -2.97. The Morgan fingerprint density at radius 3 is 2.57 bits per heavy atom. The number of esters is 1. The van der Waals surface area contributed by atoms with Crippen LogP contribution in [0.5, 0.6) is 0 Å². The fourth-order valence-electron chi connectivity index (χ4n) is 1.50. The first-order valence-electron chi connectivity index (χ1n) is 6.52. The number of carbonyl (C=O) groups is 2. The van der Waals surface area contributed by atoms with Crippen molar-refractivity contribution in [2.75, 3.05) is 7.11 Å². The predicted molar refractivity (Wildman–Crippen MR) is 80.3 cm³/mol. The molecule has 0 saturated carbocycles. The van der Waals surface area contributed by atoms with Gasteiger partial charge in [0.2, 0.25) is 0 Å². The second-order valence-electron chi connectivity index (χ2n) is 5.37. The van der Waals surface area contributed by atoms with E-state index in [1.165, 1.54) is 12.3 Å². The average Bonchev–Trinajstić information content (AvgIpc) is 2.44. The van der Waals surface area contributed by atoms with E-state index >= 15 is 0 Å². The molecular weight excluding hydrogens is 306 g/mol. The molecule has 0 bridgehead atoms. The van der Waals surface area contributed by atoms with E-state index in [2.05, 4.69) is 15.0 Å². The van der Waals surface area contributed by atoms with Crippen LogP contribution in [0.4, 0.5) is 10.5 Å². The van der Waals surface area contributed by atoms with Gasteiger partial charge in [0, 0.05) is 6.20 Å². The van der Waals surface area contributed by atoms with E-state index in [-0.39, 0.29) is 16.9 Å². The van der Waals surface area contributed by atoms with E-state index in [0.717, 1.165) is 19.4 Å². The van der Waals surface area contributed by atoms with E-state index in [4.69, 9.17) is 4.74 Å². The Morgan fingerprint density at radius 1 is 1.39 bits per heavy atom. The number of amides is 1. The van der Waals surface area contributed by atoms with Crippen LogP contribution in [0.1, 0.15) is 26.3 Å². The highest BCUT2D eigenvalue weighted by Gasteiger charge is 2.21. The lowest BCUT2D eigenvalue weighted by Gasteiger charge is -2.20. The van der Waals surface area contributed by atoms with Gasteiger partial charge in [-0.3, -0.25) is 20.4 Å². The quantitative estimate of drug-likeness (QED) is 0.389. The highest BCUT2D eigenvalue weighted by atomic mass is 16.6. The number of aromatic nitrogens is 1. The zero-order valence-corrected chi connectivity index (χ0v) is 13.2. The molecule has 0 aliphatic rings. The number of methoxy groups -OCH3 is 1. The molecule has 23 heavy (non-hydrogen) atoms. The zero-order chi connectivity index (χ0) is 17.6. The van der Waals surface area contributed by atoms with E-state index < -0.39 is 22.6 Å². The van der Waals surface area contributed by atoms with Crippen molar-refractivity contribution in [3.05, 3.63) is 39.8 Å². The summed E-state index contributed by atoms with van der Waals surface area (Å²) in [6.45, 7) is 4.96. The molecule has 0 atom stereocenters. The van der Waals surface area contributed by atoms with Gasteiger partial charge in [0.1, 0.15) is 17.5 Å². The number of pyridine rings is 1. The van der Waals surface area contributed by atoms with Crippen molar-refractivity contribution < 1.29 is 24.0 Å². The molecule has 0 fully saturated rings. The SMILES string of the molecule is COC(=O)/C(=C/c1ccncc1[N+](=O)[O-])NC(=O)OC(C)(C)C. The van der Waals surface area contributed by atoms with E-state index in [1.54, 1.807) is 20.8 Å². The van der Waals surface area contributed by atoms with Crippen LogP contribution in [0.2, 0.25) is 0 Å². The third-order valence-corrected chi connectivity index (χ3v) is 2.37. The molecule has 1 aromatic heterocycles. The van der Waals surface area contributed by atoms with Gasteiger partial charge < -0.3 is 9.47 Å². The largest absolute Gasteiger partial charge is 0.464 e. The molecule has 0 aromatic carbocycles. The van der Waals surface area contributed by atoms with Crippen LogP contribution in [0.3, 0.4) is 0 Å². The van der Waals surface area contributed by atoms with E-state index in [9.17, 15) is 19.7 Å². The van der Waals surface area contributed by atoms with Crippen molar-refractivity contribution in [3.63, 3.8) is 0 Å². The topological polar surface area (TPSA) is 121 Å². The van der Waals surface area contributed by atoms with Gasteiger partial charge >= 0.3 is 12.1 Å². The van der Waals surface area contributed by atoms with Crippen molar-refractivity contribution in [1.29, 1.82) is 0 Å². The number of nitro groups is 1. The average molecular weight is 323 g/mol.